The van der Waals surface area contributed by atoms with E-state index in [1.54, 1.807) is 4.90 Å². The molecule has 1 aliphatic heterocycles. The number of hydrogen-bond donors (Lipinski definition) is 1. The lowest BCUT2D eigenvalue weighted by atomic mass is 10.0. The highest BCUT2D eigenvalue weighted by Gasteiger charge is 2.29. The van der Waals surface area contributed by atoms with Crippen LogP contribution in [-0.4, -0.2) is 28.4 Å². The molecule has 0 saturated carbocycles. The van der Waals surface area contributed by atoms with Crippen LogP contribution in [0.2, 0.25) is 0 Å². The third-order valence-electron chi connectivity index (χ3n) is 3.52. The van der Waals surface area contributed by atoms with Gasteiger partial charge in [0.05, 0.1) is 17.5 Å². The number of nitrogens with zero attached hydrogens (tertiary/aromatic N) is 1. The fourth-order valence-electron chi connectivity index (χ4n) is 2.48. The number of thiocarbonyl (C=S) groups is 1. The highest BCUT2D eigenvalue weighted by molar-refractivity contribution is 7.80. The van der Waals surface area contributed by atoms with E-state index in [4.69, 9.17) is 18.0 Å². The number of carbonyl (C=O) groups is 1. The first-order valence-corrected chi connectivity index (χ1v) is 6.93. The van der Waals surface area contributed by atoms with Gasteiger partial charge in [-0.2, -0.15) is 0 Å². The first-order chi connectivity index (χ1) is 9.50. The minimum Gasteiger partial charge on any atom is -0.392 e. The molecule has 1 unspecified atom stereocenters. The molecule has 0 aliphatic carbocycles. The molecule has 2 N–H and O–H groups in total. The number of piperidine rings is 1. The predicted molar refractivity (Wildman–Crippen MR) is 76.2 cm³/mol. The predicted octanol–water partition coefficient (Wildman–Crippen LogP) is 2.17. The van der Waals surface area contributed by atoms with E-state index in [-0.39, 0.29) is 28.9 Å². The van der Waals surface area contributed by atoms with E-state index in [0.29, 0.717) is 6.54 Å². The summed E-state index contributed by atoms with van der Waals surface area (Å²) in [5, 5.41) is 0. The van der Waals surface area contributed by atoms with Crippen molar-refractivity contribution in [1.82, 2.24) is 4.90 Å². The number of hydrogen-bond acceptors (Lipinski definition) is 2. The second-order valence-electron chi connectivity index (χ2n) is 4.89. The SMILES string of the molecule is NC(=S)C1CCCCN1C(=O)Cc1cccc(F)c1F. The summed E-state index contributed by atoms with van der Waals surface area (Å²) in [7, 11) is 0. The van der Waals surface area contributed by atoms with Crippen molar-refractivity contribution in [3.63, 3.8) is 0 Å². The average molecular weight is 298 g/mol. The van der Waals surface area contributed by atoms with Crippen molar-refractivity contribution in [3.8, 4) is 0 Å². The van der Waals surface area contributed by atoms with Crippen molar-refractivity contribution >= 4 is 23.1 Å². The summed E-state index contributed by atoms with van der Waals surface area (Å²) in [5.74, 6) is -2.18. The van der Waals surface area contributed by atoms with Gasteiger partial charge in [-0.05, 0) is 25.3 Å². The first-order valence-electron chi connectivity index (χ1n) is 6.52. The van der Waals surface area contributed by atoms with Crippen molar-refractivity contribution in [2.45, 2.75) is 31.7 Å². The minimum atomic E-state index is -0.968. The van der Waals surface area contributed by atoms with E-state index in [1.807, 2.05) is 0 Å². The number of carbonyl (C=O) groups excluding carboxylic acids is 1. The van der Waals surface area contributed by atoms with Crippen LogP contribution in [0.5, 0.6) is 0 Å². The molecule has 0 bridgehead atoms. The van der Waals surface area contributed by atoms with Crippen molar-refractivity contribution in [3.05, 3.63) is 35.4 Å². The molecule has 6 heteroatoms. The molecule has 1 aromatic carbocycles. The summed E-state index contributed by atoms with van der Waals surface area (Å²) in [6.07, 6.45) is 2.38. The summed E-state index contributed by atoms with van der Waals surface area (Å²) < 4.78 is 26.7. The Bertz CT molecular complexity index is 536. The molecule has 0 radical (unpaired) electrons. The Hall–Kier alpha value is -1.56. The zero-order valence-corrected chi connectivity index (χ0v) is 11.8. The highest BCUT2D eigenvalue weighted by Crippen LogP contribution is 2.20. The topological polar surface area (TPSA) is 46.3 Å². The van der Waals surface area contributed by atoms with E-state index in [9.17, 15) is 13.6 Å². The van der Waals surface area contributed by atoms with Crippen molar-refractivity contribution < 1.29 is 13.6 Å². The monoisotopic (exact) mass is 298 g/mol. The van der Waals surface area contributed by atoms with E-state index >= 15 is 0 Å². The summed E-state index contributed by atoms with van der Waals surface area (Å²) in [4.78, 5) is 14.1. The summed E-state index contributed by atoms with van der Waals surface area (Å²) >= 11 is 4.97. The maximum absolute atomic E-state index is 13.6. The third-order valence-corrected chi connectivity index (χ3v) is 3.80. The Morgan fingerprint density at radius 2 is 2.15 bits per heavy atom. The van der Waals surface area contributed by atoms with Gasteiger partial charge in [-0.15, -0.1) is 0 Å². The summed E-state index contributed by atoms with van der Waals surface area (Å²) in [5.41, 5.74) is 5.70. The number of rotatable bonds is 3. The molecule has 0 aromatic heterocycles. The minimum absolute atomic E-state index is 0.0577. The van der Waals surface area contributed by atoms with E-state index in [2.05, 4.69) is 0 Å². The number of benzene rings is 1. The van der Waals surface area contributed by atoms with Crippen LogP contribution in [0.1, 0.15) is 24.8 Å². The third kappa shape index (κ3) is 3.12. The molecular weight excluding hydrogens is 282 g/mol. The van der Waals surface area contributed by atoms with Crippen molar-refractivity contribution in [1.29, 1.82) is 0 Å². The molecule has 2 rings (SSSR count). The molecule has 1 fully saturated rings. The van der Waals surface area contributed by atoms with Gasteiger partial charge in [-0.1, -0.05) is 24.4 Å². The van der Waals surface area contributed by atoms with Gasteiger partial charge in [0.25, 0.3) is 0 Å². The largest absolute Gasteiger partial charge is 0.392 e. The Morgan fingerprint density at radius 3 is 2.85 bits per heavy atom. The number of halogens is 2. The Kier molecular flexibility index (Phi) is 4.65. The Morgan fingerprint density at radius 1 is 1.40 bits per heavy atom. The van der Waals surface area contributed by atoms with Gasteiger partial charge < -0.3 is 10.6 Å². The van der Waals surface area contributed by atoms with E-state index < -0.39 is 11.6 Å². The van der Waals surface area contributed by atoms with Crippen LogP contribution < -0.4 is 5.73 Å². The van der Waals surface area contributed by atoms with Gasteiger partial charge in [0.15, 0.2) is 11.6 Å². The molecule has 3 nitrogen and oxygen atoms in total. The number of nitrogens with two attached hydrogens (primary N) is 1. The van der Waals surface area contributed by atoms with Crippen LogP contribution in [0, 0.1) is 11.6 Å². The molecule has 1 heterocycles. The van der Waals surface area contributed by atoms with Crippen LogP contribution in [0.4, 0.5) is 8.78 Å². The maximum Gasteiger partial charge on any atom is 0.227 e. The first kappa shape index (κ1) is 14.8. The van der Waals surface area contributed by atoms with Gasteiger partial charge in [0.1, 0.15) is 0 Å². The maximum atomic E-state index is 13.6. The summed E-state index contributed by atoms with van der Waals surface area (Å²) in [6, 6.07) is 3.56. The molecule has 1 aliphatic rings. The fraction of sp³-hybridized carbons (Fsp3) is 0.429. The molecule has 108 valence electrons. The second kappa shape index (κ2) is 6.26. The van der Waals surface area contributed by atoms with Crippen LogP contribution in [0.15, 0.2) is 18.2 Å². The molecular formula is C14H16F2N2OS. The Balaban J connectivity index is 2.14. The smallest absolute Gasteiger partial charge is 0.227 e. The Labute approximate surface area is 121 Å². The standard InChI is InChI=1S/C14H16F2N2OS/c15-10-5-3-4-9(13(10)16)8-12(19)18-7-2-1-6-11(18)14(17)20/h3-5,11H,1-2,6-8H2,(H2,17,20). The highest BCUT2D eigenvalue weighted by atomic mass is 32.1. The number of amides is 1. The molecule has 0 spiro atoms. The van der Waals surface area contributed by atoms with Gasteiger partial charge in [0, 0.05) is 12.1 Å². The molecule has 20 heavy (non-hydrogen) atoms. The lowest BCUT2D eigenvalue weighted by Crippen LogP contribution is -2.50. The van der Waals surface area contributed by atoms with Crippen LogP contribution in [0.3, 0.4) is 0 Å². The van der Waals surface area contributed by atoms with Crippen molar-refractivity contribution in [2.24, 2.45) is 5.73 Å². The zero-order chi connectivity index (χ0) is 14.7. The molecule has 1 amide bonds. The van der Waals surface area contributed by atoms with Gasteiger partial charge in [-0.3, -0.25) is 4.79 Å². The average Bonchev–Trinajstić information content (AvgIpc) is 2.43. The van der Waals surface area contributed by atoms with E-state index in [1.165, 1.54) is 12.1 Å². The van der Waals surface area contributed by atoms with Crippen molar-refractivity contribution in [2.75, 3.05) is 6.54 Å². The van der Waals surface area contributed by atoms with Gasteiger partial charge >= 0.3 is 0 Å². The normalized spacial score (nSPS) is 18.9. The van der Waals surface area contributed by atoms with Crippen LogP contribution >= 0.6 is 12.2 Å². The fourth-order valence-corrected chi connectivity index (χ4v) is 2.72. The van der Waals surface area contributed by atoms with Gasteiger partial charge in [0.2, 0.25) is 5.91 Å². The number of likely N-dealkylation sites (tertiary alicyclic amines) is 1. The summed E-state index contributed by atoms with van der Waals surface area (Å²) in [6.45, 7) is 0.553. The lowest BCUT2D eigenvalue weighted by Gasteiger charge is -2.35. The van der Waals surface area contributed by atoms with Crippen LogP contribution in [-0.2, 0) is 11.2 Å². The van der Waals surface area contributed by atoms with E-state index in [0.717, 1.165) is 25.3 Å². The second-order valence-corrected chi connectivity index (χ2v) is 5.36. The lowest BCUT2D eigenvalue weighted by molar-refractivity contribution is -0.132. The zero-order valence-electron chi connectivity index (χ0n) is 10.9. The quantitative estimate of drug-likeness (QED) is 0.870. The molecule has 1 aromatic rings. The molecule has 1 saturated heterocycles. The van der Waals surface area contributed by atoms with Gasteiger partial charge in [-0.25, -0.2) is 8.78 Å². The van der Waals surface area contributed by atoms with Crippen LogP contribution in [0.25, 0.3) is 0 Å². The molecule has 1 atom stereocenters.